The van der Waals surface area contributed by atoms with Crippen molar-refractivity contribution in [3.05, 3.63) is 53.1 Å². The second kappa shape index (κ2) is 8.24. The maximum absolute atomic E-state index is 12.1. The molecule has 2 N–H and O–H groups in total. The molecule has 0 radical (unpaired) electrons. The van der Waals surface area contributed by atoms with E-state index >= 15 is 0 Å². The van der Waals surface area contributed by atoms with Crippen LogP contribution in [0.3, 0.4) is 0 Å². The summed E-state index contributed by atoms with van der Waals surface area (Å²) in [6.45, 7) is 4.49. The van der Waals surface area contributed by atoms with Crippen molar-refractivity contribution in [1.29, 1.82) is 0 Å². The van der Waals surface area contributed by atoms with Crippen molar-refractivity contribution < 1.29 is 14.3 Å². The number of hydrogen-bond acceptors (Lipinski definition) is 3. The zero-order valence-electron chi connectivity index (χ0n) is 14.6. The van der Waals surface area contributed by atoms with Gasteiger partial charge in [-0.25, -0.2) is 4.79 Å². The van der Waals surface area contributed by atoms with Gasteiger partial charge in [-0.05, 0) is 49.1 Å². The van der Waals surface area contributed by atoms with Gasteiger partial charge < -0.3 is 20.1 Å². The molecule has 0 aliphatic carbocycles. The molecule has 0 bridgehead atoms. The van der Waals surface area contributed by atoms with Gasteiger partial charge in [0.15, 0.2) is 11.5 Å². The van der Waals surface area contributed by atoms with E-state index in [-0.39, 0.29) is 6.03 Å². The van der Waals surface area contributed by atoms with Gasteiger partial charge in [-0.1, -0.05) is 24.3 Å². The van der Waals surface area contributed by atoms with E-state index in [4.69, 9.17) is 9.47 Å². The normalized spacial score (nSPS) is 10.2. The molecule has 0 saturated carbocycles. The highest BCUT2D eigenvalue weighted by atomic mass is 16.5. The quantitative estimate of drug-likeness (QED) is 0.850. The van der Waals surface area contributed by atoms with Crippen molar-refractivity contribution in [2.45, 2.75) is 20.3 Å². The number of aryl methyl sites for hydroxylation is 2. The van der Waals surface area contributed by atoms with Gasteiger partial charge in [-0.2, -0.15) is 0 Å². The van der Waals surface area contributed by atoms with E-state index in [1.54, 1.807) is 14.2 Å². The Labute approximate surface area is 143 Å². The Morgan fingerprint density at radius 2 is 1.67 bits per heavy atom. The molecule has 24 heavy (non-hydrogen) atoms. The molecule has 0 aliphatic rings. The Morgan fingerprint density at radius 3 is 2.29 bits per heavy atom. The Bertz CT molecular complexity index is 694. The van der Waals surface area contributed by atoms with Crippen molar-refractivity contribution in [1.82, 2.24) is 5.32 Å². The Hall–Kier alpha value is -2.69. The van der Waals surface area contributed by atoms with Crippen LogP contribution in [0.1, 0.15) is 16.7 Å². The van der Waals surface area contributed by atoms with Crippen LogP contribution < -0.4 is 20.1 Å². The van der Waals surface area contributed by atoms with Crippen molar-refractivity contribution in [2.24, 2.45) is 0 Å². The highest BCUT2D eigenvalue weighted by molar-refractivity contribution is 5.90. The van der Waals surface area contributed by atoms with Gasteiger partial charge in [0.25, 0.3) is 0 Å². The molecule has 0 fully saturated rings. The maximum Gasteiger partial charge on any atom is 0.319 e. The van der Waals surface area contributed by atoms with Crippen LogP contribution in [0.2, 0.25) is 0 Å². The van der Waals surface area contributed by atoms with E-state index in [0.717, 1.165) is 22.4 Å². The fourth-order valence-electron chi connectivity index (χ4n) is 2.53. The zero-order chi connectivity index (χ0) is 17.5. The number of nitrogens with one attached hydrogen (secondary N) is 2. The number of hydrogen-bond donors (Lipinski definition) is 2. The second-order valence-electron chi connectivity index (χ2n) is 5.59. The molecule has 0 aliphatic heterocycles. The number of amides is 2. The smallest absolute Gasteiger partial charge is 0.319 e. The SMILES string of the molecule is COc1ccc(CCNC(=O)Nc2c(C)cccc2C)cc1OC. The minimum Gasteiger partial charge on any atom is -0.493 e. The molecule has 0 heterocycles. The minimum absolute atomic E-state index is 0.201. The average molecular weight is 328 g/mol. The number of methoxy groups -OCH3 is 2. The predicted octanol–water partition coefficient (Wildman–Crippen LogP) is 3.68. The third-order valence-electron chi connectivity index (χ3n) is 3.87. The molecular weight excluding hydrogens is 304 g/mol. The topological polar surface area (TPSA) is 59.6 Å². The molecular formula is C19H24N2O3. The summed E-state index contributed by atoms with van der Waals surface area (Å²) in [5, 5.41) is 5.79. The summed E-state index contributed by atoms with van der Waals surface area (Å²) in [6, 6.07) is 11.5. The number of ether oxygens (including phenoxy) is 2. The zero-order valence-corrected chi connectivity index (χ0v) is 14.6. The van der Waals surface area contributed by atoms with E-state index in [2.05, 4.69) is 10.6 Å². The van der Waals surface area contributed by atoms with Crippen LogP contribution in [0.4, 0.5) is 10.5 Å². The molecule has 5 heteroatoms. The highest BCUT2D eigenvalue weighted by Gasteiger charge is 2.08. The fraction of sp³-hybridized carbons (Fsp3) is 0.316. The van der Waals surface area contributed by atoms with Crippen LogP contribution in [0, 0.1) is 13.8 Å². The minimum atomic E-state index is -0.201. The van der Waals surface area contributed by atoms with Crippen LogP contribution in [-0.2, 0) is 6.42 Å². The van der Waals surface area contributed by atoms with Crippen LogP contribution in [0.15, 0.2) is 36.4 Å². The Morgan fingerprint density at radius 1 is 1.00 bits per heavy atom. The molecule has 2 amide bonds. The Balaban J connectivity index is 1.89. The molecule has 5 nitrogen and oxygen atoms in total. The van der Waals surface area contributed by atoms with Gasteiger partial charge in [-0.3, -0.25) is 0 Å². The first kappa shape index (κ1) is 17.7. The summed E-state index contributed by atoms with van der Waals surface area (Å²) >= 11 is 0. The lowest BCUT2D eigenvalue weighted by molar-refractivity contribution is 0.252. The fourth-order valence-corrected chi connectivity index (χ4v) is 2.53. The molecule has 0 unspecified atom stereocenters. The van der Waals surface area contributed by atoms with Crippen molar-refractivity contribution >= 4 is 11.7 Å². The second-order valence-corrected chi connectivity index (χ2v) is 5.59. The first-order chi connectivity index (χ1) is 11.5. The summed E-state index contributed by atoms with van der Waals surface area (Å²) in [7, 11) is 3.22. The third-order valence-corrected chi connectivity index (χ3v) is 3.87. The number of urea groups is 1. The predicted molar refractivity (Wildman–Crippen MR) is 96.2 cm³/mol. The van der Waals surface area contributed by atoms with Crippen LogP contribution >= 0.6 is 0 Å². The molecule has 0 atom stereocenters. The molecule has 0 saturated heterocycles. The lowest BCUT2D eigenvalue weighted by Gasteiger charge is -2.13. The van der Waals surface area contributed by atoms with E-state index < -0.39 is 0 Å². The van der Waals surface area contributed by atoms with Crippen LogP contribution in [-0.4, -0.2) is 26.8 Å². The summed E-state index contributed by atoms with van der Waals surface area (Å²) in [6.07, 6.45) is 0.709. The first-order valence-corrected chi connectivity index (χ1v) is 7.87. The number of anilines is 1. The van der Waals surface area contributed by atoms with Crippen molar-refractivity contribution in [3.63, 3.8) is 0 Å². The summed E-state index contributed by atoms with van der Waals surface area (Å²) in [4.78, 5) is 12.1. The van der Waals surface area contributed by atoms with Gasteiger partial charge in [0.05, 0.1) is 14.2 Å². The van der Waals surface area contributed by atoms with Gasteiger partial charge >= 0.3 is 6.03 Å². The third kappa shape index (κ3) is 4.41. The van der Waals surface area contributed by atoms with E-state index in [1.807, 2.05) is 50.2 Å². The number of benzene rings is 2. The molecule has 2 rings (SSSR count). The molecule has 128 valence electrons. The standard InChI is InChI=1S/C19H24N2O3/c1-13-6-5-7-14(2)18(13)21-19(22)20-11-10-15-8-9-16(23-3)17(12-15)24-4/h5-9,12H,10-11H2,1-4H3,(H2,20,21,22). The number of para-hydroxylation sites is 1. The summed E-state index contributed by atoms with van der Waals surface area (Å²) < 4.78 is 10.5. The maximum atomic E-state index is 12.1. The van der Waals surface area contributed by atoms with Gasteiger partial charge in [0, 0.05) is 12.2 Å². The number of rotatable bonds is 6. The number of carbonyl (C=O) groups excluding carboxylic acids is 1. The van der Waals surface area contributed by atoms with E-state index in [1.165, 1.54) is 0 Å². The van der Waals surface area contributed by atoms with Crippen molar-refractivity contribution in [2.75, 3.05) is 26.1 Å². The van der Waals surface area contributed by atoms with Crippen LogP contribution in [0.25, 0.3) is 0 Å². The van der Waals surface area contributed by atoms with E-state index in [0.29, 0.717) is 24.5 Å². The lowest BCUT2D eigenvalue weighted by Crippen LogP contribution is -2.31. The van der Waals surface area contributed by atoms with E-state index in [9.17, 15) is 4.79 Å². The Kier molecular flexibility index (Phi) is 6.07. The monoisotopic (exact) mass is 328 g/mol. The average Bonchev–Trinajstić information content (AvgIpc) is 2.58. The van der Waals surface area contributed by atoms with Gasteiger partial charge in [0.1, 0.15) is 0 Å². The highest BCUT2D eigenvalue weighted by Crippen LogP contribution is 2.27. The lowest BCUT2D eigenvalue weighted by atomic mass is 10.1. The van der Waals surface area contributed by atoms with Crippen LogP contribution in [0.5, 0.6) is 11.5 Å². The first-order valence-electron chi connectivity index (χ1n) is 7.87. The largest absolute Gasteiger partial charge is 0.493 e. The van der Waals surface area contributed by atoms with Gasteiger partial charge in [-0.15, -0.1) is 0 Å². The molecule has 2 aromatic rings. The number of carbonyl (C=O) groups is 1. The summed E-state index contributed by atoms with van der Waals surface area (Å²) in [5.41, 5.74) is 4.02. The van der Waals surface area contributed by atoms with Crippen molar-refractivity contribution in [3.8, 4) is 11.5 Å². The van der Waals surface area contributed by atoms with Gasteiger partial charge in [0.2, 0.25) is 0 Å². The molecule has 0 aromatic heterocycles. The molecule has 0 spiro atoms. The summed E-state index contributed by atoms with van der Waals surface area (Å²) in [5.74, 6) is 1.39. The molecule has 2 aromatic carbocycles.